The number of benzene rings is 1. The van der Waals surface area contributed by atoms with E-state index in [1.54, 1.807) is 4.90 Å². The highest BCUT2D eigenvalue weighted by atomic mass is 16.3. The highest BCUT2D eigenvalue weighted by Crippen LogP contribution is 2.43. The molecule has 0 radical (unpaired) electrons. The van der Waals surface area contributed by atoms with Crippen molar-refractivity contribution in [3.8, 4) is 0 Å². The van der Waals surface area contributed by atoms with Gasteiger partial charge in [0.1, 0.15) is 18.3 Å². The van der Waals surface area contributed by atoms with Gasteiger partial charge >= 0.3 is 0 Å². The predicted molar refractivity (Wildman–Crippen MR) is 133 cm³/mol. The molecule has 1 aromatic heterocycles. The smallest absolute Gasteiger partial charge is 0.271 e. The van der Waals surface area contributed by atoms with Gasteiger partial charge < -0.3 is 30.9 Å². The first-order valence-electron chi connectivity index (χ1n) is 12.7. The lowest BCUT2D eigenvalue weighted by molar-refractivity contribution is -0.133. The molecule has 0 bridgehead atoms. The summed E-state index contributed by atoms with van der Waals surface area (Å²) in [7, 11) is 1.82. The van der Waals surface area contributed by atoms with Gasteiger partial charge in [0.15, 0.2) is 5.78 Å². The second-order valence-electron chi connectivity index (χ2n) is 10.2. The molecule has 3 heterocycles. The zero-order chi connectivity index (χ0) is 25.4. The van der Waals surface area contributed by atoms with Gasteiger partial charge in [-0.2, -0.15) is 0 Å². The average molecular weight is 496 g/mol. The highest BCUT2D eigenvalue weighted by Gasteiger charge is 2.50. The number of hydrogen-bond donors (Lipinski definition) is 5. The van der Waals surface area contributed by atoms with Gasteiger partial charge in [0.05, 0.1) is 6.04 Å². The number of carbonyl (C=O) groups is 4. The number of nitrogens with zero attached hydrogens (tertiary/aromatic N) is 1. The molecule has 2 aliphatic heterocycles. The number of aliphatic hydroxyl groups excluding tert-OH is 1. The van der Waals surface area contributed by atoms with Gasteiger partial charge in [-0.3, -0.25) is 19.2 Å². The summed E-state index contributed by atoms with van der Waals surface area (Å²) < 4.78 is 0. The van der Waals surface area contributed by atoms with Gasteiger partial charge in [0.25, 0.3) is 5.91 Å². The molecule has 5 atom stereocenters. The summed E-state index contributed by atoms with van der Waals surface area (Å²) in [6, 6.07) is 5.87. The Hall–Kier alpha value is -3.40. The van der Waals surface area contributed by atoms with Crippen molar-refractivity contribution >= 4 is 40.1 Å². The molecule has 3 fully saturated rings. The zero-order valence-electron chi connectivity index (χ0n) is 20.4. The quantitative estimate of drug-likeness (QED) is 0.370. The van der Waals surface area contributed by atoms with Crippen LogP contribution >= 0.6 is 0 Å². The van der Waals surface area contributed by atoms with E-state index in [4.69, 9.17) is 0 Å². The molecule has 2 saturated heterocycles. The number of nitrogens with one attached hydrogen (secondary N) is 4. The van der Waals surface area contributed by atoms with Crippen molar-refractivity contribution in [1.29, 1.82) is 0 Å². The normalized spacial score (nSPS) is 26.1. The predicted octanol–water partition coefficient (Wildman–Crippen LogP) is 1.02. The Balaban J connectivity index is 1.39. The Morgan fingerprint density at radius 2 is 2.06 bits per heavy atom. The number of Topliss-reactive ketones (excluding diaryl/α,β-unsaturated/α-hetero) is 1. The average Bonchev–Trinajstić information content (AvgIpc) is 3.66. The first-order valence-corrected chi connectivity index (χ1v) is 12.7. The first-order chi connectivity index (χ1) is 17.4. The van der Waals surface area contributed by atoms with Gasteiger partial charge in [0, 0.05) is 42.6 Å². The second-order valence-corrected chi connectivity index (χ2v) is 10.2. The van der Waals surface area contributed by atoms with E-state index in [1.807, 2.05) is 31.3 Å². The minimum atomic E-state index is -0.972. The Bertz CT molecular complexity index is 1190. The summed E-state index contributed by atoms with van der Waals surface area (Å²) in [4.78, 5) is 56.7. The van der Waals surface area contributed by atoms with Crippen LogP contribution in [-0.4, -0.2) is 77.3 Å². The lowest BCUT2D eigenvalue weighted by Gasteiger charge is -2.29. The molecule has 3 aliphatic rings. The van der Waals surface area contributed by atoms with Crippen LogP contribution in [0.1, 0.15) is 42.6 Å². The molecule has 1 aliphatic carbocycles. The number of hydrogen-bond acceptors (Lipinski definition) is 6. The maximum Gasteiger partial charge on any atom is 0.271 e. The van der Waals surface area contributed by atoms with Gasteiger partial charge in [0.2, 0.25) is 11.8 Å². The van der Waals surface area contributed by atoms with Crippen LogP contribution in [0.3, 0.4) is 0 Å². The van der Waals surface area contributed by atoms with Gasteiger partial charge in [-0.25, -0.2) is 0 Å². The van der Waals surface area contributed by atoms with Crippen LogP contribution in [-0.2, 0) is 14.4 Å². The summed E-state index contributed by atoms with van der Waals surface area (Å²) in [6.07, 6.45) is 3.52. The molecule has 0 spiro atoms. The van der Waals surface area contributed by atoms with Crippen molar-refractivity contribution in [2.75, 3.05) is 32.1 Å². The van der Waals surface area contributed by atoms with Crippen molar-refractivity contribution in [3.05, 3.63) is 30.0 Å². The minimum Gasteiger partial charge on any atom is -0.389 e. The van der Waals surface area contributed by atoms with Crippen molar-refractivity contribution in [2.45, 2.75) is 44.2 Å². The number of aliphatic hydroxyl groups is 1. The van der Waals surface area contributed by atoms with E-state index in [9.17, 15) is 24.3 Å². The van der Waals surface area contributed by atoms with Crippen LogP contribution in [0.2, 0.25) is 0 Å². The molecule has 5 rings (SSSR count). The largest absolute Gasteiger partial charge is 0.389 e. The number of rotatable bonds is 8. The number of amides is 3. The van der Waals surface area contributed by atoms with Crippen molar-refractivity contribution in [2.24, 2.45) is 17.8 Å². The van der Waals surface area contributed by atoms with E-state index in [0.717, 1.165) is 35.9 Å². The molecule has 3 amide bonds. The minimum absolute atomic E-state index is 0.0193. The Labute approximate surface area is 209 Å². The molecule has 192 valence electrons. The van der Waals surface area contributed by atoms with E-state index >= 15 is 0 Å². The van der Waals surface area contributed by atoms with Gasteiger partial charge in [-0.05, 0) is 55.7 Å². The first kappa shape index (κ1) is 24.3. The Morgan fingerprint density at radius 3 is 2.78 bits per heavy atom. The Morgan fingerprint density at radius 1 is 1.22 bits per heavy atom. The van der Waals surface area contributed by atoms with Gasteiger partial charge in [-0.1, -0.05) is 12.5 Å². The number of aromatic amines is 1. The highest BCUT2D eigenvalue weighted by molar-refractivity contribution is 6.03. The molecule has 1 saturated carbocycles. The van der Waals surface area contributed by atoms with Crippen molar-refractivity contribution in [3.63, 3.8) is 0 Å². The van der Waals surface area contributed by atoms with E-state index < -0.39 is 30.4 Å². The lowest BCUT2D eigenvalue weighted by Crippen LogP contribution is -2.53. The topological polar surface area (TPSA) is 144 Å². The van der Waals surface area contributed by atoms with Gasteiger partial charge in [-0.15, -0.1) is 0 Å². The molecule has 10 heteroatoms. The van der Waals surface area contributed by atoms with Crippen LogP contribution in [0, 0.1) is 17.8 Å². The maximum atomic E-state index is 13.7. The summed E-state index contributed by atoms with van der Waals surface area (Å²) in [6.45, 7) is 0.299. The monoisotopic (exact) mass is 495 g/mol. The molecule has 2 aromatic rings. The van der Waals surface area contributed by atoms with Crippen molar-refractivity contribution < 1.29 is 24.3 Å². The number of likely N-dealkylation sites (tertiary alicyclic amines) is 1. The molecule has 36 heavy (non-hydrogen) atoms. The van der Waals surface area contributed by atoms with Crippen LogP contribution in [0.15, 0.2) is 24.3 Å². The number of ketones is 1. The molecular formula is C26H33N5O5. The third-order valence-electron chi connectivity index (χ3n) is 8.13. The van der Waals surface area contributed by atoms with Crippen LogP contribution < -0.4 is 16.0 Å². The van der Waals surface area contributed by atoms with Crippen LogP contribution in [0.4, 0.5) is 5.69 Å². The van der Waals surface area contributed by atoms with Crippen LogP contribution in [0.25, 0.3) is 10.9 Å². The van der Waals surface area contributed by atoms with Crippen molar-refractivity contribution in [1.82, 2.24) is 20.5 Å². The maximum absolute atomic E-state index is 13.7. The van der Waals surface area contributed by atoms with E-state index in [2.05, 4.69) is 20.9 Å². The Kier molecular flexibility index (Phi) is 6.70. The summed E-state index contributed by atoms with van der Waals surface area (Å²) in [5.41, 5.74) is 2.14. The molecular weight excluding hydrogens is 462 g/mol. The number of aromatic nitrogens is 1. The summed E-state index contributed by atoms with van der Waals surface area (Å²) in [5, 5.41) is 19.1. The summed E-state index contributed by atoms with van der Waals surface area (Å²) >= 11 is 0. The number of anilines is 1. The van der Waals surface area contributed by atoms with E-state index in [-0.39, 0.29) is 36.0 Å². The fourth-order valence-electron chi connectivity index (χ4n) is 6.29. The van der Waals surface area contributed by atoms with Crippen LogP contribution in [0.5, 0.6) is 0 Å². The lowest BCUT2D eigenvalue weighted by atomic mass is 9.92. The van der Waals surface area contributed by atoms with E-state index in [1.165, 1.54) is 0 Å². The fraction of sp³-hybridized carbons (Fsp3) is 0.538. The molecule has 3 unspecified atom stereocenters. The molecule has 10 nitrogen and oxygen atoms in total. The number of carbonyl (C=O) groups excluding carboxylic acids is 4. The fourth-order valence-corrected chi connectivity index (χ4v) is 6.29. The molecule has 1 aromatic carbocycles. The van der Waals surface area contributed by atoms with E-state index in [0.29, 0.717) is 25.2 Å². The number of H-pyrrole nitrogens is 1. The standard InChI is InChI=1S/C26H33N5O5/c1-27-18-6-3-7-19-17(18)11-21(29-19)26(36)31-12-15-4-2-5-16(15)23(31)25(35)30-20(22(33)13-32)10-14-8-9-28-24(14)34/h3,6-7,11,14-16,20,23,27,29,32H,2,4-5,8-10,12-13H2,1H3,(H,28,34)(H,30,35)/t14-,15?,16?,20-,23?/m0/s1. The SMILES string of the molecule is CNc1cccc2[nH]c(C(=O)N3CC4CCCC4C3C(=O)N[C@@H](C[C@@H]3CCNC3=O)C(=O)CO)cc12. The molecule has 5 N–H and O–H groups in total. The third-order valence-corrected chi connectivity index (χ3v) is 8.13. The summed E-state index contributed by atoms with van der Waals surface area (Å²) in [5.74, 6) is -1.46. The third kappa shape index (κ3) is 4.34. The second kappa shape index (κ2) is 9.93. The number of fused-ring (bicyclic) bond motifs is 2. The zero-order valence-corrected chi connectivity index (χ0v) is 20.4.